The van der Waals surface area contributed by atoms with Crippen molar-refractivity contribution in [3.8, 4) is 5.75 Å². The van der Waals surface area contributed by atoms with Crippen LogP contribution in [0.15, 0.2) is 65.6 Å². The number of nitrogens with one attached hydrogen (secondary N) is 2. The first-order valence-corrected chi connectivity index (χ1v) is 12.3. The van der Waals surface area contributed by atoms with Crippen molar-refractivity contribution < 1.29 is 17.9 Å². The van der Waals surface area contributed by atoms with Crippen LogP contribution in [0.5, 0.6) is 5.75 Å². The summed E-state index contributed by atoms with van der Waals surface area (Å²) >= 11 is 0. The Morgan fingerprint density at radius 3 is 2.06 bits per heavy atom. The van der Waals surface area contributed by atoms with E-state index in [2.05, 4.69) is 10.0 Å². The van der Waals surface area contributed by atoms with E-state index in [-0.39, 0.29) is 10.8 Å². The van der Waals surface area contributed by atoms with E-state index in [9.17, 15) is 13.2 Å². The van der Waals surface area contributed by atoms with Crippen LogP contribution in [-0.2, 0) is 14.8 Å². The number of sulfonamides is 1. The van der Waals surface area contributed by atoms with Crippen LogP contribution >= 0.6 is 0 Å². The molecular formula is C26H30N2O4S. The molecule has 0 aromatic heterocycles. The van der Waals surface area contributed by atoms with E-state index in [1.165, 1.54) is 12.1 Å². The van der Waals surface area contributed by atoms with Gasteiger partial charge in [0.05, 0.1) is 10.6 Å². The molecule has 3 aromatic rings. The van der Waals surface area contributed by atoms with Crippen molar-refractivity contribution in [1.29, 1.82) is 0 Å². The lowest BCUT2D eigenvalue weighted by Crippen LogP contribution is -2.32. The largest absolute Gasteiger partial charge is 0.480 e. The molecule has 0 saturated heterocycles. The first kappa shape index (κ1) is 24.3. The molecule has 0 spiro atoms. The number of rotatable bonds is 8. The van der Waals surface area contributed by atoms with Crippen LogP contribution in [0, 0.1) is 27.7 Å². The number of aryl methyl sites for hydroxylation is 3. The summed E-state index contributed by atoms with van der Waals surface area (Å²) in [5, 5.41) is 2.81. The van der Waals surface area contributed by atoms with Crippen molar-refractivity contribution >= 4 is 27.3 Å². The molecule has 174 valence electrons. The number of para-hydroxylation sites is 1. The van der Waals surface area contributed by atoms with E-state index in [0.29, 0.717) is 23.5 Å². The smallest absolute Gasteiger partial charge is 0.265 e. The van der Waals surface area contributed by atoms with E-state index in [1.807, 2.05) is 71.0 Å². The first-order valence-electron chi connectivity index (χ1n) is 10.8. The number of benzene rings is 3. The fourth-order valence-corrected chi connectivity index (χ4v) is 4.64. The average Bonchev–Trinajstić information content (AvgIpc) is 2.77. The normalized spacial score (nSPS) is 12.2. The number of carbonyl (C=O) groups excluding carboxylic acids is 1. The highest BCUT2D eigenvalue weighted by molar-refractivity contribution is 7.92. The summed E-state index contributed by atoms with van der Waals surface area (Å²) in [6, 6.07) is 17.4. The van der Waals surface area contributed by atoms with Crippen molar-refractivity contribution in [2.45, 2.75) is 52.0 Å². The van der Waals surface area contributed by atoms with Crippen LogP contribution in [0.2, 0.25) is 0 Å². The van der Waals surface area contributed by atoms with Crippen LogP contribution in [0.25, 0.3) is 0 Å². The summed E-state index contributed by atoms with van der Waals surface area (Å²) in [4.78, 5) is 12.9. The molecule has 0 aliphatic rings. The SMILES string of the molecule is CC[C@H](Oc1cccc(C)c1C)C(=O)Nc1ccc(S(=O)(=O)Nc2c(C)cccc2C)cc1. The third kappa shape index (κ3) is 5.73. The Morgan fingerprint density at radius 2 is 1.45 bits per heavy atom. The summed E-state index contributed by atoms with van der Waals surface area (Å²) in [7, 11) is -3.76. The minimum atomic E-state index is -3.76. The van der Waals surface area contributed by atoms with Gasteiger partial charge in [0, 0.05) is 5.69 Å². The van der Waals surface area contributed by atoms with Gasteiger partial charge >= 0.3 is 0 Å². The molecule has 0 aliphatic heterocycles. The molecule has 1 atom stereocenters. The number of hydrogen-bond donors (Lipinski definition) is 2. The number of hydrogen-bond acceptors (Lipinski definition) is 4. The summed E-state index contributed by atoms with van der Waals surface area (Å²) in [5.74, 6) is 0.388. The molecule has 3 rings (SSSR count). The van der Waals surface area contributed by atoms with Crippen molar-refractivity contribution in [1.82, 2.24) is 0 Å². The van der Waals surface area contributed by atoms with Gasteiger partial charge in [-0.25, -0.2) is 8.42 Å². The highest BCUT2D eigenvalue weighted by Crippen LogP contribution is 2.25. The monoisotopic (exact) mass is 466 g/mol. The third-order valence-corrected chi connectivity index (χ3v) is 7.00. The van der Waals surface area contributed by atoms with Crippen molar-refractivity contribution in [2.24, 2.45) is 0 Å². The Balaban J connectivity index is 1.71. The molecule has 1 amide bonds. The number of anilines is 2. The van der Waals surface area contributed by atoms with Gasteiger partial charge in [-0.2, -0.15) is 0 Å². The Bertz CT molecular complexity index is 1230. The van der Waals surface area contributed by atoms with Crippen LogP contribution in [0.4, 0.5) is 11.4 Å². The highest BCUT2D eigenvalue weighted by atomic mass is 32.2. The van der Waals surface area contributed by atoms with Gasteiger partial charge < -0.3 is 10.1 Å². The Morgan fingerprint density at radius 1 is 0.879 bits per heavy atom. The van der Waals surface area contributed by atoms with Gasteiger partial charge in [0.25, 0.3) is 15.9 Å². The molecule has 0 saturated carbocycles. The van der Waals surface area contributed by atoms with E-state index in [1.54, 1.807) is 12.1 Å². The molecule has 6 nitrogen and oxygen atoms in total. The number of carbonyl (C=O) groups is 1. The maximum atomic E-state index is 12.8. The lowest BCUT2D eigenvalue weighted by molar-refractivity contribution is -0.122. The van der Waals surface area contributed by atoms with Gasteiger partial charge in [-0.05, 0) is 86.7 Å². The molecule has 0 bridgehead atoms. The molecule has 3 aromatic carbocycles. The minimum absolute atomic E-state index is 0.113. The zero-order valence-electron chi connectivity index (χ0n) is 19.6. The standard InChI is InChI=1S/C26H30N2O4S/c1-6-23(32-24-12-8-9-17(2)20(24)5)26(29)27-21-13-15-22(16-14-21)33(30,31)28-25-18(3)10-7-11-19(25)4/h7-16,23,28H,6H2,1-5H3,(H,27,29)/t23-/m0/s1. The third-order valence-electron chi connectivity index (χ3n) is 5.64. The summed E-state index contributed by atoms with van der Waals surface area (Å²) in [5.41, 5.74) is 4.84. The number of ether oxygens (including phenoxy) is 1. The van der Waals surface area contributed by atoms with Crippen molar-refractivity contribution in [3.63, 3.8) is 0 Å². The van der Waals surface area contributed by atoms with Crippen LogP contribution in [0.1, 0.15) is 35.6 Å². The molecule has 0 fully saturated rings. The second kappa shape index (κ2) is 10.1. The number of amides is 1. The van der Waals surface area contributed by atoms with Gasteiger partial charge in [0.15, 0.2) is 6.10 Å². The topological polar surface area (TPSA) is 84.5 Å². The van der Waals surface area contributed by atoms with Crippen LogP contribution in [0.3, 0.4) is 0 Å². The Hall–Kier alpha value is -3.32. The molecular weight excluding hydrogens is 436 g/mol. The van der Waals surface area contributed by atoms with Crippen LogP contribution in [-0.4, -0.2) is 20.4 Å². The predicted molar refractivity (Wildman–Crippen MR) is 132 cm³/mol. The first-order chi connectivity index (χ1) is 15.6. The summed E-state index contributed by atoms with van der Waals surface area (Å²) in [6.45, 7) is 9.54. The van der Waals surface area contributed by atoms with E-state index in [0.717, 1.165) is 22.3 Å². The van der Waals surface area contributed by atoms with Crippen LogP contribution < -0.4 is 14.8 Å². The molecule has 33 heavy (non-hydrogen) atoms. The Kier molecular flexibility index (Phi) is 7.43. The maximum absolute atomic E-state index is 12.8. The Labute approximate surface area is 196 Å². The molecule has 0 unspecified atom stereocenters. The average molecular weight is 467 g/mol. The van der Waals surface area contributed by atoms with Gasteiger partial charge in [0.1, 0.15) is 5.75 Å². The quantitative estimate of drug-likeness (QED) is 0.458. The lowest BCUT2D eigenvalue weighted by atomic mass is 10.1. The molecule has 0 radical (unpaired) electrons. The molecule has 0 aliphatic carbocycles. The zero-order valence-corrected chi connectivity index (χ0v) is 20.4. The van der Waals surface area contributed by atoms with Gasteiger partial charge in [0.2, 0.25) is 0 Å². The van der Waals surface area contributed by atoms with Crippen molar-refractivity contribution in [3.05, 3.63) is 82.9 Å². The predicted octanol–water partition coefficient (Wildman–Crippen LogP) is 5.52. The van der Waals surface area contributed by atoms with E-state index >= 15 is 0 Å². The van der Waals surface area contributed by atoms with E-state index < -0.39 is 16.1 Å². The zero-order chi connectivity index (χ0) is 24.2. The summed E-state index contributed by atoms with van der Waals surface area (Å²) in [6.07, 6.45) is -0.176. The summed E-state index contributed by atoms with van der Waals surface area (Å²) < 4.78 is 34.3. The molecule has 0 heterocycles. The van der Waals surface area contributed by atoms with Gasteiger partial charge in [-0.1, -0.05) is 37.3 Å². The lowest BCUT2D eigenvalue weighted by Gasteiger charge is -2.19. The van der Waals surface area contributed by atoms with Crippen molar-refractivity contribution in [2.75, 3.05) is 10.0 Å². The molecule has 2 N–H and O–H groups in total. The second-order valence-corrected chi connectivity index (χ2v) is 9.78. The van der Waals surface area contributed by atoms with Gasteiger partial charge in [-0.15, -0.1) is 0 Å². The minimum Gasteiger partial charge on any atom is -0.480 e. The fourth-order valence-electron chi connectivity index (χ4n) is 3.44. The second-order valence-electron chi connectivity index (χ2n) is 8.10. The van der Waals surface area contributed by atoms with E-state index in [4.69, 9.17) is 4.74 Å². The molecule has 7 heteroatoms. The van der Waals surface area contributed by atoms with Gasteiger partial charge in [-0.3, -0.25) is 9.52 Å². The fraction of sp³-hybridized carbons (Fsp3) is 0.269. The maximum Gasteiger partial charge on any atom is 0.265 e. The highest BCUT2D eigenvalue weighted by Gasteiger charge is 2.21.